The number of allylic oxidation sites excluding steroid dienone is 2. The van der Waals surface area contributed by atoms with Crippen LogP contribution in [0.2, 0.25) is 0 Å². The monoisotopic (exact) mass is 310 g/mol. The number of hydrogen-bond donors (Lipinski definition) is 0. The first-order valence-electron chi connectivity index (χ1n) is 9.61. The number of hydrogen-bond acceptors (Lipinski definition) is 2. The maximum absolute atomic E-state index is 11.1. The second-order valence-electron chi connectivity index (χ2n) is 6.14. The second-order valence-corrected chi connectivity index (χ2v) is 6.14. The van der Waals surface area contributed by atoms with Gasteiger partial charge < -0.3 is 4.74 Å². The summed E-state index contributed by atoms with van der Waals surface area (Å²) in [6, 6.07) is 0. The molecule has 0 fully saturated rings. The van der Waals surface area contributed by atoms with Crippen molar-refractivity contribution in [1.82, 2.24) is 0 Å². The van der Waals surface area contributed by atoms with E-state index in [1.165, 1.54) is 64.2 Å². The summed E-state index contributed by atoms with van der Waals surface area (Å²) in [5, 5.41) is 0. The van der Waals surface area contributed by atoms with E-state index < -0.39 is 0 Å². The Hall–Kier alpha value is -0.790. The van der Waals surface area contributed by atoms with E-state index >= 15 is 0 Å². The van der Waals surface area contributed by atoms with Gasteiger partial charge in [-0.1, -0.05) is 70.4 Å². The van der Waals surface area contributed by atoms with Crippen LogP contribution in [-0.2, 0) is 9.53 Å². The highest BCUT2D eigenvalue weighted by atomic mass is 16.5. The topological polar surface area (TPSA) is 26.3 Å². The van der Waals surface area contributed by atoms with E-state index in [0.717, 1.165) is 19.3 Å². The number of esters is 1. The van der Waals surface area contributed by atoms with Crippen molar-refractivity contribution < 1.29 is 9.53 Å². The summed E-state index contributed by atoms with van der Waals surface area (Å²) in [5.74, 6) is -0.0484. The molecule has 0 N–H and O–H groups in total. The Morgan fingerprint density at radius 3 is 1.77 bits per heavy atom. The average Bonchev–Trinajstić information content (AvgIpc) is 2.51. The summed E-state index contributed by atoms with van der Waals surface area (Å²) in [6.45, 7) is 4.63. The molecule has 0 aliphatic rings. The predicted octanol–water partition coefficient (Wildman–Crippen LogP) is 6.59. The molecule has 0 radical (unpaired) electrons. The maximum Gasteiger partial charge on any atom is 0.305 e. The van der Waals surface area contributed by atoms with Crippen molar-refractivity contribution in [1.29, 1.82) is 0 Å². The Bertz CT molecular complexity index is 258. The third-order valence-electron chi connectivity index (χ3n) is 3.95. The first-order valence-corrected chi connectivity index (χ1v) is 9.61. The lowest BCUT2D eigenvalue weighted by Gasteiger charge is -2.01. The van der Waals surface area contributed by atoms with Gasteiger partial charge in [-0.05, 0) is 39.0 Å². The van der Waals surface area contributed by atoms with E-state index in [2.05, 4.69) is 19.1 Å². The molecule has 0 aliphatic carbocycles. The van der Waals surface area contributed by atoms with Crippen molar-refractivity contribution in [3.05, 3.63) is 12.2 Å². The summed E-state index contributed by atoms with van der Waals surface area (Å²) in [4.78, 5) is 11.1. The third kappa shape index (κ3) is 17.3. The minimum atomic E-state index is -0.0484. The van der Waals surface area contributed by atoms with Gasteiger partial charge in [0.2, 0.25) is 0 Å². The first kappa shape index (κ1) is 21.2. The van der Waals surface area contributed by atoms with Crippen LogP contribution in [0.3, 0.4) is 0 Å². The normalized spacial score (nSPS) is 11.2. The highest BCUT2D eigenvalue weighted by Gasteiger charge is 1.99. The van der Waals surface area contributed by atoms with Crippen molar-refractivity contribution >= 4 is 5.97 Å². The second kappa shape index (κ2) is 18.3. The Morgan fingerprint density at radius 1 is 0.727 bits per heavy atom. The molecule has 0 amide bonds. The van der Waals surface area contributed by atoms with Gasteiger partial charge in [0.1, 0.15) is 0 Å². The van der Waals surface area contributed by atoms with Gasteiger partial charge in [0.05, 0.1) is 6.61 Å². The molecule has 0 spiro atoms. The molecule has 22 heavy (non-hydrogen) atoms. The molecule has 0 saturated carbocycles. The predicted molar refractivity (Wildman–Crippen MR) is 96.1 cm³/mol. The molecule has 0 rings (SSSR count). The van der Waals surface area contributed by atoms with Crippen LogP contribution in [0, 0.1) is 0 Å². The van der Waals surface area contributed by atoms with Crippen molar-refractivity contribution in [2.45, 2.75) is 104 Å². The van der Waals surface area contributed by atoms with Crippen molar-refractivity contribution in [2.75, 3.05) is 6.61 Å². The molecule has 0 aromatic heterocycles. The van der Waals surface area contributed by atoms with E-state index in [4.69, 9.17) is 4.74 Å². The fourth-order valence-corrected chi connectivity index (χ4v) is 2.57. The van der Waals surface area contributed by atoms with Crippen LogP contribution < -0.4 is 0 Å². The van der Waals surface area contributed by atoms with Crippen LogP contribution in [0.15, 0.2) is 12.2 Å². The lowest BCUT2D eigenvalue weighted by atomic mass is 10.1. The number of unbranched alkanes of at least 4 members (excludes halogenated alkanes) is 11. The van der Waals surface area contributed by atoms with Gasteiger partial charge in [0, 0.05) is 6.42 Å². The highest BCUT2D eigenvalue weighted by Crippen LogP contribution is 2.10. The van der Waals surface area contributed by atoms with Gasteiger partial charge in [-0.2, -0.15) is 0 Å². The molecule has 0 heterocycles. The van der Waals surface area contributed by atoms with E-state index in [9.17, 15) is 4.79 Å². The molecule has 0 aliphatic heterocycles. The minimum absolute atomic E-state index is 0.0484. The number of ether oxygens (including phenoxy) is 1. The lowest BCUT2D eigenvalue weighted by Crippen LogP contribution is -2.02. The van der Waals surface area contributed by atoms with Gasteiger partial charge in [0.25, 0.3) is 0 Å². The summed E-state index contributed by atoms with van der Waals surface area (Å²) in [6.07, 6.45) is 22.0. The van der Waals surface area contributed by atoms with Crippen LogP contribution in [0.25, 0.3) is 0 Å². The van der Waals surface area contributed by atoms with Crippen molar-refractivity contribution in [3.8, 4) is 0 Å². The van der Waals surface area contributed by atoms with Crippen LogP contribution in [0.1, 0.15) is 104 Å². The Balaban J connectivity index is 3.13. The largest absolute Gasteiger partial charge is 0.466 e. The van der Waals surface area contributed by atoms with Gasteiger partial charge in [-0.3, -0.25) is 4.79 Å². The maximum atomic E-state index is 11.1. The zero-order valence-corrected chi connectivity index (χ0v) is 15.1. The van der Waals surface area contributed by atoms with Crippen LogP contribution in [0.5, 0.6) is 0 Å². The average molecular weight is 311 g/mol. The van der Waals surface area contributed by atoms with Crippen molar-refractivity contribution in [2.24, 2.45) is 0 Å². The zero-order chi connectivity index (χ0) is 16.3. The Labute approximate surface area is 138 Å². The fourth-order valence-electron chi connectivity index (χ4n) is 2.57. The minimum Gasteiger partial charge on any atom is -0.466 e. The van der Waals surface area contributed by atoms with Gasteiger partial charge >= 0.3 is 5.97 Å². The summed E-state index contributed by atoms with van der Waals surface area (Å²) >= 11 is 0. The smallest absolute Gasteiger partial charge is 0.305 e. The molecular formula is C20H38O2. The van der Waals surface area contributed by atoms with Crippen molar-refractivity contribution in [3.63, 3.8) is 0 Å². The summed E-state index contributed by atoms with van der Waals surface area (Å²) in [7, 11) is 0. The lowest BCUT2D eigenvalue weighted by molar-refractivity contribution is -0.143. The quantitative estimate of drug-likeness (QED) is 0.183. The molecule has 2 nitrogen and oxygen atoms in total. The number of carbonyl (C=O) groups is 1. The standard InChI is InChI=1S/C20H38O2/c1-3-5-6-7-8-9-10-11-12-13-14-15-16-17-18-19-20(21)22-4-2/h13-14H,3-12,15-19H2,1-2H3/b14-13-. The van der Waals surface area contributed by atoms with E-state index in [0.29, 0.717) is 13.0 Å². The molecule has 0 bridgehead atoms. The molecule has 0 aromatic rings. The Morgan fingerprint density at radius 2 is 1.23 bits per heavy atom. The molecule has 2 heteroatoms. The molecule has 0 saturated heterocycles. The van der Waals surface area contributed by atoms with E-state index in [1.54, 1.807) is 0 Å². The summed E-state index contributed by atoms with van der Waals surface area (Å²) < 4.78 is 4.91. The Kier molecular flexibility index (Phi) is 17.6. The molecule has 0 aromatic carbocycles. The van der Waals surface area contributed by atoms with Gasteiger partial charge in [0.15, 0.2) is 0 Å². The van der Waals surface area contributed by atoms with Crippen LogP contribution in [-0.4, -0.2) is 12.6 Å². The SMILES string of the molecule is CCCCCCCCCC/C=C\CCCCCC(=O)OCC. The van der Waals surface area contributed by atoms with E-state index in [-0.39, 0.29) is 5.97 Å². The highest BCUT2D eigenvalue weighted by molar-refractivity contribution is 5.69. The molecule has 0 atom stereocenters. The molecule has 130 valence electrons. The number of rotatable bonds is 16. The van der Waals surface area contributed by atoms with Gasteiger partial charge in [-0.25, -0.2) is 0 Å². The van der Waals surface area contributed by atoms with E-state index in [1.807, 2.05) is 6.92 Å². The third-order valence-corrected chi connectivity index (χ3v) is 3.95. The van der Waals surface area contributed by atoms with Crippen LogP contribution >= 0.6 is 0 Å². The van der Waals surface area contributed by atoms with Crippen LogP contribution in [0.4, 0.5) is 0 Å². The molecule has 0 unspecified atom stereocenters. The molecular weight excluding hydrogens is 272 g/mol. The number of carbonyl (C=O) groups excluding carboxylic acids is 1. The first-order chi connectivity index (χ1) is 10.8. The fraction of sp³-hybridized carbons (Fsp3) is 0.850. The summed E-state index contributed by atoms with van der Waals surface area (Å²) in [5.41, 5.74) is 0. The zero-order valence-electron chi connectivity index (χ0n) is 15.1. The van der Waals surface area contributed by atoms with Gasteiger partial charge in [-0.15, -0.1) is 0 Å².